The van der Waals surface area contributed by atoms with E-state index in [1.807, 2.05) is 12.1 Å². The third-order valence-corrected chi connectivity index (χ3v) is 4.77. The quantitative estimate of drug-likeness (QED) is 0.673. The van der Waals surface area contributed by atoms with Crippen LogP contribution in [0.15, 0.2) is 53.4 Å². The number of amides is 1. The standard InChI is InChI=1S/C19H24N2O2S/c1-13(2)14-3-5-15(6-4-14)18(20)11-21-19(23)12-24-17-9-7-16(22)8-10-17/h3-10,13,18,22H,11-12,20H2,1-2H3,(H,21,23). The Morgan fingerprint density at radius 1 is 1.08 bits per heavy atom. The smallest absolute Gasteiger partial charge is 0.230 e. The Morgan fingerprint density at radius 2 is 1.67 bits per heavy atom. The highest BCUT2D eigenvalue weighted by atomic mass is 32.2. The number of hydrogen-bond donors (Lipinski definition) is 3. The maximum Gasteiger partial charge on any atom is 0.230 e. The molecule has 4 N–H and O–H groups in total. The summed E-state index contributed by atoms with van der Waals surface area (Å²) in [5.74, 6) is 0.983. The Kier molecular flexibility index (Phi) is 6.70. The van der Waals surface area contributed by atoms with Gasteiger partial charge in [0, 0.05) is 17.5 Å². The number of carbonyl (C=O) groups is 1. The number of carbonyl (C=O) groups excluding carboxylic acids is 1. The van der Waals surface area contributed by atoms with Crippen molar-refractivity contribution < 1.29 is 9.90 Å². The van der Waals surface area contributed by atoms with Gasteiger partial charge in [0.25, 0.3) is 0 Å². The Hall–Kier alpha value is -1.98. The zero-order valence-corrected chi connectivity index (χ0v) is 14.8. The monoisotopic (exact) mass is 344 g/mol. The molecule has 0 saturated carbocycles. The minimum absolute atomic E-state index is 0.0534. The van der Waals surface area contributed by atoms with Crippen molar-refractivity contribution >= 4 is 17.7 Å². The fourth-order valence-corrected chi connectivity index (χ4v) is 2.94. The first-order chi connectivity index (χ1) is 11.5. The highest BCUT2D eigenvalue weighted by molar-refractivity contribution is 8.00. The number of hydrogen-bond acceptors (Lipinski definition) is 4. The largest absolute Gasteiger partial charge is 0.508 e. The van der Waals surface area contributed by atoms with Gasteiger partial charge in [-0.05, 0) is 41.3 Å². The van der Waals surface area contributed by atoms with Crippen molar-refractivity contribution in [3.05, 3.63) is 59.7 Å². The number of benzene rings is 2. The number of thioether (sulfide) groups is 1. The van der Waals surface area contributed by atoms with Crippen LogP contribution in [0.1, 0.15) is 36.9 Å². The maximum atomic E-state index is 11.9. The molecular weight excluding hydrogens is 320 g/mol. The molecule has 0 aliphatic rings. The van der Waals surface area contributed by atoms with Crippen LogP contribution in [-0.4, -0.2) is 23.3 Å². The zero-order valence-electron chi connectivity index (χ0n) is 14.0. The van der Waals surface area contributed by atoms with Gasteiger partial charge in [-0.1, -0.05) is 38.1 Å². The fraction of sp³-hybridized carbons (Fsp3) is 0.316. The van der Waals surface area contributed by atoms with E-state index in [2.05, 4.69) is 31.3 Å². The molecule has 4 nitrogen and oxygen atoms in total. The van der Waals surface area contributed by atoms with Crippen molar-refractivity contribution in [3.8, 4) is 5.75 Å². The van der Waals surface area contributed by atoms with Crippen LogP contribution in [0.2, 0.25) is 0 Å². The molecule has 1 atom stereocenters. The first-order valence-corrected chi connectivity index (χ1v) is 8.98. The van der Waals surface area contributed by atoms with Gasteiger partial charge in [0.1, 0.15) is 5.75 Å². The van der Waals surface area contributed by atoms with E-state index in [0.29, 0.717) is 18.2 Å². The van der Waals surface area contributed by atoms with Crippen LogP contribution < -0.4 is 11.1 Å². The molecule has 0 aliphatic heterocycles. The van der Waals surface area contributed by atoms with Crippen LogP contribution >= 0.6 is 11.8 Å². The summed E-state index contributed by atoms with van der Waals surface area (Å²) in [6.45, 7) is 4.72. The molecule has 0 radical (unpaired) electrons. The van der Waals surface area contributed by atoms with Crippen LogP contribution in [0.25, 0.3) is 0 Å². The lowest BCUT2D eigenvalue weighted by Crippen LogP contribution is -2.33. The lowest BCUT2D eigenvalue weighted by Gasteiger charge is -2.14. The van der Waals surface area contributed by atoms with E-state index in [4.69, 9.17) is 5.73 Å². The molecule has 0 spiro atoms. The second-order valence-corrected chi connectivity index (χ2v) is 7.06. The number of nitrogens with one attached hydrogen (secondary N) is 1. The van der Waals surface area contributed by atoms with Crippen LogP contribution in [0.3, 0.4) is 0 Å². The fourth-order valence-electron chi connectivity index (χ4n) is 2.21. The second kappa shape index (κ2) is 8.76. The number of phenols is 1. The molecule has 0 heterocycles. The van der Waals surface area contributed by atoms with Crippen molar-refractivity contribution in [1.82, 2.24) is 5.32 Å². The molecule has 2 aromatic rings. The molecule has 128 valence electrons. The maximum absolute atomic E-state index is 11.9. The van der Waals surface area contributed by atoms with Gasteiger partial charge in [0.15, 0.2) is 0 Å². The Balaban J connectivity index is 1.77. The molecule has 0 saturated heterocycles. The second-order valence-electron chi connectivity index (χ2n) is 6.01. The predicted octanol–water partition coefficient (Wildman–Crippen LogP) is 3.42. The van der Waals surface area contributed by atoms with E-state index in [9.17, 15) is 9.90 Å². The lowest BCUT2D eigenvalue weighted by molar-refractivity contribution is -0.118. The van der Waals surface area contributed by atoms with E-state index < -0.39 is 0 Å². The summed E-state index contributed by atoms with van der Waals surface area (Å²) < 4.78 is 0. The van der Waals surface area contributed by atoms with E-state index in [-0.39, 0.29) is 17.7 Å². The summed E-state index contributed by atoms with van der Waals surface area (Å²) in [7, 11) is 0. The molecule has 1 amide bonds. The summed E-state index contributed by atoms with van der Waals surface area (Å²) in [6, 6.07) is 14.8. The molecular formula is C19H24N2O2S. The first kappa shape index (κ1) is 18.4. The molecule has 0 bridgehead atoms. The van der Waals surface area contributed by atoms with Gasteiger partial charge in [0.05, 0.1) is 5.75 Å². The predicted molar refractivity (Wildman–Crippen MR) is 99.3 cm³/mol. The SMILES string of the molecule is CC(C)c1ccc(C(N)CNC(=O)CSc2ccc(O)cc2)cc1. The summed E-state index contributed by atoms with van der Waals surface area (Å²) >= 11 is 1.43. The number of rotatable bonds is 7. The number of nitrogens with two attached hydrogens (primary N) is 1. The molecule has 0 aromatic heterocycles. The Morgan fingerprint density at radius 3 is 2.25 bits per heavy atom. The van der Waals surface area contributed by atoms with Gasteiger partial charge in [-0.3, -0.25) is 4.79 Å². The van der Waals surface area contributed by atoms with Crippen LogP contribution in [0.4, 0.5) is 0 Å². The number of phenolic OH excluding ortho intramolecular Hbond substituents is 1. The average molecular weight is 344 g/mol. The van der Waals surface area contributed by atoms with Crippen molar-refractivity contribution in [2.75, 3.05) is 12.3 Å². The van der Waals surface area contributed by atoms with Gasteiger partial charge in [0.2, 0.25) is 5.91 Å². The van der Waals surface area contributed by atoms with E-state index >= 15 is 0 Å². The third-order valence-electron chi connectivity index (χ3n) is 3.76. The molecule has 1 unspecified atom stereocenters. The van der Waals surface area contributed by atoms with Crippen molar-refractivity contribution in [2.45, 2.75) is 30.7 Å². The minimum Gasteiger partial charge on any atom is -0.508 e. The average Bonchev–Trinajstić information content (AvgIpc) is 2.59. The van der Waals surface area contributed by atoms with Gasteiger partial charge < -0.3 is 16.2 Å². The summed E-state index contributed by atoms with van der Waals surface area (Å²) in [5, 5.41) is 12.1. The van der Waals surface area contributed by atoms with Gasteiger partial charge in [-0.15, -0.1) is 11.8 Å². The molecule has 0 fully saturated rings. The highest BCUT2D eigenvalue weighted by Crippen LogP contribution is 2.20. The third kappa shape index (κ3) is 5.58. The minimum atomic E-state index is -0.214. The first-order valence-electron chi connectivity index (χ1n) is 7.99. The van der Waals surface area contributed by atoms with Gasteiger partial charge in [-0.2, -0.15) is 0 Å². The Bertz CT molecular complexity index is 654. The van der Waals surface area contributed by atoms with Crippen LogP contribution in [-0.2, 0) is 4.79 Å². The molecule has 0 aliphatic carbocycles. The van der Waals surface area contributed by atoms with E-state index in [1.165, 1.54) is 17.3 Å². The normalized spacial score (nSPS) is 12.2. The Labute approximate surface area is 147 Å². The van der Waals surface area contributed by atoms with Crippen molar-refractivity contribution in [1.29, 1.82) is 0 Å². The summed E-state index contributed by atoms with van der Waals surface area (Å²) in [6.07, 6.45) is 0. The van der Waals surface area contributed by atoms with Gasteiger partial charge in [-0.25, -0.2) is 0 Å². The van der Waals surface area contributed by atoms with Gasteiger partial charge >= 0.3 is 0 Å². The van der Waals surface area contributed by atoms with Crippen molar-refractivity contribution in [3.63, 3.8) is 0 Å². The number of aromatic hydroxyl groups is 1. The zero-order chi connectivity index (χ0) is 17.5. The summed E-state index contributed by atoms with van der Waals surface area (Å²) in [5.41, 5.74) is 8.44. The molecule has 5 heteroatoms. The topological polar surface area (TPSA) is 75.3 Å². The molecule has 2 rings (SSSR count). The molecule has 24 heavy (non-hydrogen) atoms. The van der Waals surface area contributed by atoms with Crippen molar-refractivity contribution in [2.24, 2.45) is 5.73 Å². The summed E-state index contributed by atoms with van der Waals surface area (Å²) in [4.78, 5) is 12.9. The van der Waals surface area contributed by atoms with E-state index in [0.717, 1.165) is 10.5 Å². The molecule has 2 aromatic carbocycles. The highest BCUT2D eigenvalue weighted by Gasteiger charge is 2.09. The lowest BCUT2D eigenvalue weighted by atomic mass is 9.99. The van der Waals surface area contributed by atoms with E-state index in [1.54, 1.807) is 24.3 Å². The van der Waals surface area contributed by atoms with Crippen LogP contribution in [0, 0.1) is 0 Å². The van der Waals surface area contributed by atoms with Crippen LogP contribution in [0.5, 0.6) is 5.75 Å².